The van der Waals surface area contributed by atoms with Gasteiger partial charge in [0, 0.05) is 18.8 Å². The van der Waals surface area contributed by atoms with Crippen molar-refractivity contribution in [3.8, 4) is 0 Å². The lowest BCUT2D eigenvalue weighted by molar-refractivity contribution is -0.110. The molecule has 0 heterocycles. The molecule has 0 saturated heterocycles. The molecule has 0 N–H and O–H groups in total. The van der Waals surface area contributed by atoms with Gasteiger partial charge in [0.05, 0.1) is 6.61 Å². The van der Waals surface area contributed by atoms with Gasteiger partial charge in [0.15, 0.2) is 5.12 Å². The zero-order valence-corrected chi connectivity index (χ0v) is 8.08. The van der Waals surface area contributed by atoms with Crippen LogP contribution in [0.1, 0.15) is 26.7 Å². The lowest BCUT2D eigenvalue weighted by Crippen LogP contribution is -2.00. The van der Waals surface area contributed by atoms with Gasteiger partial charge in [-0.1, -0.05) is 25.6 Å². The van der Waals surface area contributed by atoms with E-state index in [9.17, 15) is 4.79 Å². The molecule has 2 nitrogen and oxygen atoms in total. The predicted molar refractivity (Wildman–Crippen MR) is 48.9 cm³/mol. The van der Waals surface area contributed by atoms with E-state index < -0.39 is 0 Å². The van der Waals surface area contributed by atoms with Gasteiger partial charge in [-0.3, -0.25) is 4.79 Å². The van der Waals surface area contributed by atoms with Crippen molar-refractivity contribution in [2.45, 2.75) is 26.7 Å². The molecule has 66 valence electrons. The van der Waals surface area contributed by atoms with Gasteiger partial charge in [0.2, 0.25) is 0 Å². The third kappa shape index (κ3) is 7.88. The van der Waals surface area contributed by atoms with E-state index in [0.717, 1.165) is 18.8 Å². The normalized spacial score (nSPS) is 10.0. The highest BCUT2D eigenvalue weighted by Gasteiger charge is 1.96. The Morgan fingerprint density at radius 2 is 2.09 bits per heavy atom. The Labute approximate surface area is 72.7 Å². The predicted octanol–water partition coefficient (Wildman–Crippen LogP) is 2.08. The van der Waals surface area contributed by atoms with Crippen LogP contribution in [0.4, 0.5) is 0 Å². The lowest BCUT2D eigenvalue weighted by atomic mass is 10.5. The monoisotopic (exact) mass is 176 g/mol. The number of rotatable bonds is 6. The van der Waals surface area contributed by atoms with E-state index in [2.05, 4.69) is 6.92 Å². The minimum atomic E-state index is 0.255. The van der Waals surface area contributed by atoms with Gasteiger partial charge in [0.25, 0.3) is 0 Å². The molecule has 0 aliphatic rings. The Morgan fingerprint density at radius 3 is 2.64 bits per heavy atom. The van der Waals surface area contributed by atoms with Crippen LogP contribution in [-0.4, -0.2) is 24.1 Å². The molecule has 0 saturated carbocycles. The van der Waals surface area contributed by atoms with Crippen LogP contribution < -0.4 is 0 Å². The first-order chi connectivity index (χ1) is 5.31. The maximum atomic E-state index is 10.8. The molecule has 0 aliphatic heterocycles. The zero-order chi connectivity index (χ0) is 8.53. The largest absolute Gasteiger partial charge is 0.381 e. The molecule has 0 atom stereocenters. The number of ether oxygens (including phenoxy) is 1. The average Bonchev–Trinajstić information content (AvgIpc) is 2.04. The molecule has 0 rings (SSSR count). The van der Waals surface area contributed by atoms with E-state index >= 15 is 0 Å². The fourth-order valence-electron chi connectivity index (χ4n) is 0.563. The maximum Gasteiger partial charge on any atom is 0.188 e. The summed E-state index contributed by atoms with van der Waals surface area (Å²) in [7, 11) is 0. The molecule has 0 radical (unpaired) electrons. The van der Waals surface area contributed by atoms with Crippen LogP contribution >= 0.6 is 11.8 Å². The van der Waals surface area contributed by atoms with Gasteiger partial charge >= 0.3 is 0 Å². The summed E-state index contributed by atoms with van der Waals surface area (Å²) in [6.07, 6.45) is 1.67. The summed E-state index contributed by atoms with van der Waals surface area (Å²) < 4.78 is 5.20. The highest BCUT2D eigenvalue weighted by Crippen LogP contribution is 2.03. The van der Waals surface area contributed by atoms with Crippen molar-refractivity contribution < 1.29 is 9.53 Å². The number of carbonyl (C=O) groups excluding carboxylic acids is 1. The molecule has 0 aromatic heterocycles. The summed E-state index contributed by atoms with van der Waals surface area (Å²) in [6.45, 7) is 5.46. The molecular weight excluding hydrogens is 160 g/mol. The first-order valence-electron chi connectivity index (χ1n) is 4.04. The third-order valence-corrected chi connectivity index (χ3v) is 2.11. The quantitative estimate of drug-likeness (QED) is 0.580. The molecule has 0 unspecified atom stereocenters. The van der Waals surface area contributed by atoms with Gasteiger partial charge in [-0.15, -0.1) is 0 Å². The van der Waals surface area contributed by atoms with Crippen LogP contribution in [0, 0.1) is 0 Å². The van der Waals surface area contributed by atoms with E-state index in [1.165, 1.54) is 11.8 Å². The summed E-state index contributed by atoms with van der Waals surface area (Å²) in [5.41, 5.74) is 0. The molecule has 0 aromatic carbocycles. The number of hydrogen-bond donors (Lipinski definition) is 0. The molecule has 0 amide bonds. The van der Waals surface area contributed by atoms with E-state index in [0.29, 0.717) is 13.0 Å². The smallest absolute Gasteiger partial charge is 0.188 e. The maximum absolute atomic E-state index is 10.8. The summed E-state index contributed by atoms with van der Waals surface area (Å²) in [4.78, 5) is 10.8. The standard InChI is InChI=1S/C8H16O2S/c1-3-5-10-6-7-11-8(9)4-2/h3-7H2,1-2H3. The van der Waals surface area contributed by atoms with Gasteiger partial charge in [-0.05, 0) is 6.42 Å². The highest BCUT2D eigenvalue weighted by atomic mass is 32.2. The van der Waals surface area contributed by atoms with Gasteiger partial charge < -0.3 is 4.74 Å². The average molecular weight is 176 g/mol. The molecule has 0 fully saturated rings. The first-order valence-corrected chi connectivity index (χ1v) is 5.03. The van der Waals surface area contributed by atoms with Crippen LogP contribution in [0.2, 0.25) is 0 Å². The molecule has 0 aromatic rings. The van der Waals surface area contributed by atoms with Crippen molar-refractivity contribution >= 4 is 16.9 Å². The van der Waals surface area contributed by atoms with Crippen molar-refractivity contribution in [1.82, 2.24) is 0 Å². The summed E-state index contributed by atoms with van der Waals surface area (Å²) in [6, 6.07) is 0. The summed E-state index contributed by atoms with van der Waals surface area (Å²) >= 11 is 1.36. The van der Waals surface area contributed by atoms with Crippen LogP contribution in [-0.2, 0) is 9.53 Å². The third-order valence-electron chi connectivity index (χ3n) is 1.13. The Bertz CT molecular complexity index is 104. The second-order valence-electron chi connectivity index (χ2n) is 2.19. The zero-order valence-electron chi connectivity index (χ0n) is 7.26. The lowest BCUT2D eigenvalue weighted by Gasteiger charge is -1.99. The van der Waals surface area contributed by atoms with Crippen molar-refractivity contribution in [1.29, 1.82) is 0 Å². The Kier molecular flexibility index (Phi) is 8.07. The molecule has 0 bridgehead atoms. The van der Waals surface area contributed by atoms with E-state index in [4.69, 9.17) is 4.74 Å². The Morgan fingerprint density at radius 1 is 1.36 bits per heavy atom. The number of hydrogen-bond acceptors (Lipinski definition) is 3. The number of carbonyl (C=O) groups is 1. The summed E-state index contributed by atoms with van der Waals surface area (Å²) in [5.74, 6) is 0.798. The van der Waals surface area contributed by atoms with E-state index in [-0.39, 0.29) is 5.12 Å². The second kappa shape index (κ2) is 8.08. The molecule has 11 heavy (non-hydrogen) atoms. The molecule has 3 heteroatoms. The van der Waals surface area contributed by atoms with Gasteiger partial charge in [-0.25, -0.2) is 0 Å². The van der Waals surface area contributed by atoms with Crippen molar-refractivity contribution in [2.75, 3.05) is 19.0 Å². The van der Waals surface area contributed by atoms with Crippen molar-refractivity contribution in [2.24, 2.45) is 0 Å². The fraction of sp³-hybridized carbons (Fsp3) is 0.875. The SMILES string of the molecule is CCCOCCSC(=O)CC. The molecule has 0 spiro atoms. The Balaban J connectivity index is 2.95. The van der Waals surface area contributed by atoms with Crippen molar-refractivity contribution in [3.05, 3.63) is 0 Å². The fourth-order valence-corrected chi connectivity index (χ4v) is 1.20. The van der Waals surface area contributed by atoms with Gasteiger partial charge in [0.1, 0.15) is 0 Å². The van der Waals surface area contributed by atoms with Crippen LogP contribution in [0.15, 0.2) is 0 Å². The van der Waals surface area contributed by atoms with E-state index in [1.807, 2.05) is 6.92 Å². The highest BCUT2D eigenvalue weighted by molar-refractivity contribution is 8.13. The van der Waals surface area contributed by atoms with Gasteiger partial charge in [-0.2, -0.15) is 0 Å². The van der Waals surface area contributed by atoms with E-state index in [1.54, 1.807) is 0 Å². The first kappa shape index (κ1) is 11.0. The minimum absolute atomic E-state index is 0.255. The Hall–Kier alpha value is -0.0200. The van der Waals surface area contributed by atoms with Crippen molar-refractivity contribution in [3.63, 3.8) is 0 Å². The van der Waals surface area contributed by atoms with Crippen LogP contribution in [0.3, 0.4) is 0 Å². The van der Waals surface area contributed by atoms with Crippen LogP contribution in [0.25, 0.3) is 0 Å². The second-order valence-corrected chi connectivity index (χ2v) is 3.34. The molecular formula is C8H16O2S. The molecule has 0 aliphatic carbocycles. The number of thioether (sulfide) groups is 1. The summed E-state index contributed by atoms with van der Waals surface area (Å²) in [5, 5.41) is 0.255. The topological polar surface area (TPSA) is 26.3 Å². The minimum Gasteiger partial charge on any atom is -0.381 e. The van der Waals surface area contributed by atoms with Crippen LogP contribution in [0.5, 0.6) is 0 Å².